The van der Waals surface area contributed by atoms with E-state index >= 15 is 0 Å². The first kappa shape index (κ1) is 15.7. The summed E-state index contributed by atoms with van der Waals surface area (Å²) in [4.78, 5) is 34.5. The number of aryl methyl sites for hydroxylation is 2. The fourth-order valence-corrected chi connectivity index (χ4v) is 3.16. The quantitative estimate of drug-likeness (QED) is 0.889. The largest absolute Gasteiger partial charge is 0.347 e. The molecule has 2 aromatic rings. The monoisotopic (exact) mass is 308 g/mol. The minimum absolute atomic E-state index is 0.0127. The lowest BCUT2D eigenvalue weighted by atomic mass is 10.2. The van der Waals surface area contributed by atoms with Crippen molar-refractivity contribution in [1.29, 1.82) is 0 Å². The fourth-order valence-electron chi connectivity index (χ4n) is 2.11. The number of H-pyrrole nitrogens is 1. The van der Waals surface area contributed by atoms with Crippen LogP contribution in [0.4, 0.5) is 0 Å². The number of nitrogens with zero attached hydrogens (tertiary/aromatic N) is 2. The summed E-state index contributed by atoms with van der Waals surface area (Å²) >= 11 is 1.52. The van der Waals surface area contributed by atoms with Crippen LogP contribution in [0, 0.1) is 13.8 Å². The van der Waals surface area contributed by atoms with Gasteiger partial charge >= 0.3 is 0 Å². The number of rotatable bonds is 4. The van der Waals surface area contributed by atoms with Crippen molar-refractivity contribution in [2.24, 2.45) is 0 Å². The number of hydrogen-bond donors (Lipinski definition) is 2. The van der Waals surface area contributed by atoms with Crippen LogP contribution in [-0.2, 0) is 11.3 Å². The Balaban J connectivity index is 2.21. The van der Waals surface area contributed by atoms with Crippen LogP contribution in [0.15, 0.2) is 4.79 Å². The Morgan fingerprint density at radius 3 is 2.71 bits per heavy atom. The van der Waals surface area contributed by atoms with Gasteiger partial charge in [-0.15, -0.1) is 11.3 Å². The SMILES string of the molecule is Cc1sc2nc(CNC(C)C(=O)N(C)C)[nH]c(=O)c2c1C. The number of aromatic amines is 1. The normalized spacial score (nSPS) is 12.6. The molecule has 1 amide bonds. The predicted octanol–water partition coefficient (Wildman–Crippen LogP) is 1.17. The van der Waals surface area contributed by atoms with Crippen LogP contribution < -0.4 is 10.9 Å². The number of carbonyl (C=O) groups is 1. The topological polar surface area (TPSA) is 78.1 Å². The second kappa shape index (κ2) is 5.95. The van der Waals surface area contributed by atoms with Crippen molar-refractivity contribution < 1.29 is 4.79 Å². The Kier molecular flexibility index (Phi) is 4.43. The molecule has 2 heterocycles. The fraction of sp³-hybridized carbons (Fsp3) is 0.500. The molecule has 0 aliphatic carbocycles. The van der Waals surface area contributed by atoms with Gasteiger partial charge in [0.25, 0.3) is 5.56 Å². The van der Waals surface area contributed by atoms with E-state index in [-0.39, 0.29) is 17.5 Å². The average molecular weight is 308 g/mol. The lowest BCUT2D eigenvalue weighted by Crippen LogP contribution is -2.41. The highest BCUT2D eigenvalue weighted by atomic mass is 32.1. The van der Waals surface area contributed by atoms with Crippen LogP contribution in [0.5, 0.6) is 0 Å². The zero-order valence-corrected chi connectivity index (χ0v) is 13.7. The van der Waals surface area contributed by atoms with E-state index in [1.807, 2.05) is 13.8 Å². The van der Waals surface area contributed by atoms with Crippen LogP contribution in [-0.4, -0.2) is 40.9 Å². The standard InChI is InChI=1S/C14H20N4O2S/c1-7-9(3)21-13-11(7)12(19)16-10(17-13)6-15-8(2)14(20)18(4)5/h8,15H,6H2,1-5H3,(H,16,17,19). The summed E-state index contributed by atoms with van der Waals surface area (Å²) in [5.74, 6) is 0.536. The van der Waals surface area contributed by atoms with Crippen molar-refractivity contribution in [3.05, 3.63) is 26.6 Å². The molecule has 1 atom stereocenters. The van der Waals surface area contributed by atoms with E-state index in [0.29, 0.717) is 17.8 Å². The van der Waals surface area contributed by atoms with E-state index in [1.54, 1.807) is 21.0 Å². The number of aromatic nitrogens is 2. The van der Waals surface area contributed by atoms with E-state index in [9.17, 15) is 9.59 Å². The third-order valence-electron chi connectivity index (χ3n) is 3.48. The second-order valence-electron chi connectivity index (χ2n) is 5.31. The van der Waals surface area contributed by atoms with Crippen molar-refractivity contribution >= 4 is 27.5 Å². The predicted molar refractivity (Wildman–Crippen MR) is 84.7 cm³/mol. The molecule has 21 heavy (non-hydrogen) atoms. The molecule has 1 unspecified atom stereocenters. The van der Waals surface area contributed by atoms with Gasteiger partial charge < -0.3 is 9.88 Å². The van der Waals surface area contributed by atoms with E-state index in [0.717, 1.165) is 15.3 Å². The van der Waals surface area contributed by atoms with Crippen molar-refractivity contribution in [3.8, 4) is 0 Å². The zero-order chi connectivity index (χ0) is 15.7. The van der Waals surface area contributed by atoms with Crippen molar-refractivity contribution in [1.82, 2.24) is 20.2 Å². The molecular formula is C14H20N4O2S. The Hall–Kier alpha value is -1.73. The molecule has 0 fully saturated rings. The maximum absolute atomic E-state index is 12.1. The third-order valence-corrected chi connectivity index (χ3v) is 4.58. The number of nitrogens with one attached hydrogen (secondary N) is 2. The molecule has 2 rings (SSSR count). The molecule has 6 nitrogen and oxygen atoms in total. The maximum Gasteiger partial charge on any atom is 0.259 e. The number of thiophene rings is 1. The van der Waals surface area contributed by atoms with Crippen LogP contribution in [0.3, 0.4) is 0 Å². The minimum atomic E-state index is -0.326. The van der Waals surface area contributed by atoms with E-state index in [1.165, 1.54) is 16.2 Å². The average Bonchev–Trinajstić information content (AvgIpc) is 2.70. The summed E-state index contributed by atoms with van der Waals surface area (Å²) in [6, 6.07) is -0.326. The molecule has 0 bridgehead atoms. The molecule has 114 valence electrons. The lowest BCUT2D eigenvalue weighted by Gasteiger charge is -2.17. The summed E-state index contributed by atoms with van der Waals surface area (Å²) in [6.07, 6.45) is 0. The Morgan fingerprint density at radius 2 is 2.10 bits per heavy atom. The first-order valence-electron chi connectivity index (χ1n) is 6.74. The van der Waals surface area contributed by atoms with Gasteiger partial charge in [0.15, 0.2) is 0 Å². The summed E-state index contributed by atoms with van der Waals surface area (Å²) in [6.45, 7) is 6.05. The molecule has 2 aromatic heterocycles. The number of amides is 1. The highest BCUT2D eigenvalue weighted by molar-refractivity contribution is 7.18. The van der Waals surface area contributed by atoms with Crippen molar-refractivity contribution in [2.75, 3.05) is 14.1 Å². The van der Waals surface area contributed by atoms with Gasteiger partial charge in [0.1, 0.15) is 10.7 Å². The molecule has 0 saturated heterocycles. The molecule has 0 aliphatic heterocycles. The third kappa shape index (κ3) is 3.14. The Labute approximate surface area is 127 Å². The molecule has 2 N–H and O–H groups in total. The van der Waals surface area contributed by atoms with Crippen LogP contribution in [0.1, 0.15) is 23.2 Å². The Bertz CT molecular complexity index is 732. The molecule has 0 aliphatic rings. The molecular weight excluding hydrogens is 288 g/mol. The van der Waals surface area contributed by atoms with Gasteiger partial charge in [0.05, 0.1) is 18.0 Å². The van der Waals surface area contributed by atoms with E-state index < -0.39 is 0 Å². The van der Waals surface area contributed by atoms with E-state index in [2.05, 4.69) is 15.3 Å². The molecule has 0 aromatic carbocycles. The lowest BCUT2D eigenvalue weighted by molar-refractivity contribution is -0.130. The van der Waals surface area contributed by atoms with Crippen molar-refractivity contribution in [2.45, 2.75) is 33.4 Å². The van der Waals surface area contributed by atoms with Gasteiger partial charge in [0, 0.05) is 19.0 Å². The minimum Gasteiger partial charge on any atom is -0.347 e. The summed E-state index contributed by atoms with van der Waals surface area (Å²) in [7, 11) is 3.42. The van der Waals surface area contributed by atoms with Gasteiger partial charge in [-0.05, 0) is 26.3 Å². The maximum atomic E-state index is 12.1. The number of carbonyl (C=O) groups excluding carboxylic acids is 1. The molecule has 0 saturated carbocycles. The summed E-state index contributed by atoms with van der Waals surface area (Å²) in [5.41, 5.74) is 0.865. The zero-order valence-electron chi connectivity index (χ0n) is 12.9. The molecule has 7 heteroatoms. The van der Waals surface area contributed by atoms with Gasteiger partial charge in [-0.25, -0.2) is 4.98 Å². The van der Waals surface area contributed by atoms with Crippen LogP contribution >= 0.6 is 11.3 Å². The first-order valence-corrected chi connectivity index (χ1v) is 7.56. The van der Waals surface area contributed by atoms with Crippen LogP contribution in [0.2, 0.25) is 0 Å². The van der Waals surface area contributed by atoms with E-state index in [4.69, 9.17) is 0 Å². The highest BCUT2D eigenvalue weighted by Gasteiger charge is 2.15. The highest BCUT2D eigenvalue weighted by Crippen LogP contribution is 2.25. The number of fused-ring (bicyclic) bond motifs is 1. The number of likely N-dealkylation sites (N-methyl/N-ethyl adjacent to an activating group) is 1. The molecule has 0 radical (unpaired) electrons. The van der Waals surface area contributed by atoms with Crippen molar-refractivity contribution in [3.63, 3.8) is 0 Å². The summed E-state index contributed by atoms with van der Waals surface area (Å²) < 4.78 is 0. The Morgan fingerprint density at radius 1 is 1.43 bits per heavy atom. The smallest absolute Gasteiger partial charge is 0.259 e. The van der Waals surface area contributed by atoms with Gasteiger partial charge in [-0.1, -0.05) is 0 Å². The van der Waals surface area contributed by atoms with Gasteiger partial charge in [-0.2, -0.15) is 0 Å². The number of hydrogen-bond acceptors (Lipinski definition) is 5. The van der Waals surface area contributed by atoms with Gasteiger partial charge in [0.2, 0.25) is 5.91 Å². The molecule has 0 spiro atoms. The summed E-state index contributed by atoms with van der Waals surface area (Å²) in [5, 5.41) is 3.74. The second-order valence-corrected chi connectivity index (χ2v) is 6.51. The first-order chi connectivity index (χ1) is 9.81. The van der Waals surface area contributed by atoms with Gasteiger partial charge in [-0.3, -0.25) is 14.9 Å². The van der Waals surface area contributed by atoms with Crippen LogP contribution in [0.25, 0.3) is 10.2 Å².